The summed E-state index contributed by atoms with van der Waals surface area (Å²) in [7, 11) is 0. The third-order valence-corrected chi connectivity index (χ3v) is 4.71. The van der Waals surface area contributed by atoms with Gasteiger partial charge in [0, 0.05) is 11.7 Å². The Morgan fingerprint density at radius 1 is 0.852 bits per heavy atom. The maximum Gasteiger partial charge on any atom is 0.278 e. The van der Waals surface area contributed by atoms with Crippen molar-refractivity contribution in [3.63, 3.8) is 0 Å². The molecule has 0 fully saturated rings. The predicted molar refractivity (Wildman–Crippen MR) is 109 cm³/mol. The minimum Gasteiger partial charge on any atom is -0.350 e. The highest BCUT2D eigenvalue weighted by molar-refractivity contribution is 6.36. The monoisotopic (exact) mass is 362 g/mol. The van der Waals surface area contributed by atoms with Crippen LogP contribution in [0.5, 0.6) is 0 Å². The topological polar surface area (TPSA) is 49.4 Å². The van der Waals surface area contributed by atoms with Crippen molar-refractivity contribution in [2.24, 2.45) is 0 Å². The van der Waals surface area contributed by atoms with Crippen molar-refractivity contribution in [2.45, 2.75) is 46.1 Å². The summed E-state index contributed by atoms with van der Waals surface area (Å²) >= 11 is 0. The van der Waals surface area contributed by atoms with Crippen molar-refractivity contribution in [1.82, 2.24) is 4.90 Å². The van der Waals surface area contributed by atoms with E-state index in [9.17, 15) is 9.59 Å². The van der Waals surface area contributed by atoms with Crippen molar-refractivity contribution in [2.75, 3.05) is 5.32 Å². The van der Waals surface area contributed by atoms with Crippen molar-refractivity contribution in [3.8, 4) is 0 Å². The molecule has 0 aliphatic carbocycles. The highest BCUT2D eigenvalue weighted by atomic mass is 16.2. The van der Waals surface area contributed by atoms with Gasteiger partial charge in [-0.1, -0.05) is 63.2 Å². The van der Waals surface area contributed by atoms with Crippen LogP contribution in [0.1, 0.15) is 45.7 Å². The van der Waals surface area contributed by atoms with E-state index in [1.54, 1.807) is 0 Å². The van der Waals surface area contributed by atoms with E-state index in [0.29, 0.717) is 11.3 Å². The Bertz CT molecular complexity index is 888. The van der Waals surface area contributed by atoms with Gasteiger partial charge in [-0.15, -0.1) is 0 Å². The Morgan fingerprint density at radius 2 is 1.44 bits per heavy atom. The molecule has 1 aliphatic heterocycles. The fraction of sp³-hybridized carbons (Fsp3) is 0.304. The van der Waals surface area contributed by atoms with Gasteiger partial charge in [0.25, 0.3) is 11.8 Å². The number of hydrogen-bond acceptors (Lipinski definition) is 3. The second-order valence-electron chi connectivity index (χ2n) is 8.14. The molecule has 0 radical (unpaired) electrons. The number of amides is 2. The summed E-state index contributed by atoms with van der Waals surface area (Å²) in [5, 5.41) is 3.20. The lowest BCUT2D eigenvalue weighted by Gasteiger charge is -2.20. The Labute approximate surface area is 160 Å². The first kappa shape index (κ1) is 18.9. The fourth-order valence-electron chi connectivity index (χ4n) is 3.20. The molecule has 2 aromatic rings. The number of nitrogens with one attached hydrogen (secondary N) is 1. The Morgan fingerprint density at radius 3 is 1.96 bits per heavy atom. The van der Waals surface area contributed by atoms with Crippen molar-refractivity contribution in [1.29, 1.82) is 0 Å². The zero-order chi connectivity index (χ0) is 19.8. The van der Waals surface area contributed by atoms with Gasteiger partial charge in [-0.05, 0) is 42.5 Å². The van der Waals surface area contributed by atoms with Gasteiger partial charge in [0.05, 0.1) is 5.57 Å². The first-order valence-electron chi connectivity index (χ1n) is 9.25. The van der Waals surface area contributed by atoms with Crippen molar-refractivity contribution in [3.05, 3.63) is 71.4 Å². The molecule has 0 atom stereocenters. The van der Waals surface area contributed by atoms with Crippen LogP contribution in [0.25, 0.3) is 5.57 Å². The minimum atomic E-state index is -0.284. The summed E-state index contributed by atoms with van der Waals surface area (Å²) in [5.41, 5.74) is 3.56. The van der Waals surface area contributed by atoms with Crippen LogP contribution in [-0.2, 0) is 15.0 Å². The molecule has 27 heavy (non-hydrogen) atoms. The molecule has 2 aromatic carbocycles. The van der Waals surface area contributed by atoms with Gasteiger partial charge < -0.3 is 5.32 Å². The van der Waals surface area contributed by atoms with E-state index in [1.807, 2.05) is 68.4 Å². The van der Waals surface area contributed by atoms with E-state index < -0.39 is 0 Å². The number of anilines is 1. The van der Waals surface area contributed by atoms with Gasteiger partial charge in [-0.2, -0.15) is 0 Å². The van der Waals surface area contributed by atoms with Crippen LogP contribution in [0.15, 0.2) is 60.3 Å². The Balaban J connectivity index is 2.02. The lowest BCUT2D eigenvalue weighted by atomic mass is 9.87. The molecule has 1 aliphatic rings. The standard InChI is InChI=1S/C23H26N2O2/c1-15(2)25-21(26)19(16-9-7-6-8-10-16)20(22(25)27)24-18-13-11-17(12-14-18)23(3,4)5/h6-15,24H,1-5H3. The lowest BCUT2D eigenvalue weighted by Crippen LogP contribution is -2.38. The Kier molecular flexibility index (Phi) is 4.92. The number of rotatable bonds is 4. The minimum absolute atomic E-state index is 0.0561. The van der Waals surface area contributed by atoms with Crippen molar-refractivity contribution < 1.29 is 9.59 Å². The first-order valence-corrected chi connectivity index (χ1v) is 9.25. The molecule has 4 nitrogen and oxygen atoms in total. The average Bonchev–Trinajstić information content (AvgIpc) is 2.85. The number of hydrogen-bond donors (Lipinski definition) is 1. The number of nitrogens with zero attached hydrogens (tertiary/aromatic N) is 1. The molecule has 0 bridgehead atoms. The van der Waals surface area contributed by atoms with Crippen LogP contribution in [-0.4, -0.2) is 22.8 Å². The molecule has 0 unspecified atom stereocenters. The summed E-state index contributed by atoms with van der Waals surface area (Å²) in [6.07, 6.45) is 0. The van der Waals surface area contributed by atoms with E-state index in [-0.39, 0.29) is 23.3 Å². The summed E-state index contributed by atoms with van der Waals surface area (Å²) < 4.78 is 0. The highest BCUT2D eigenvalue weighted by Gasteiger charge is 2.40. The van der Waals surface area contributed by atoms with Crippen LogP contribution in [0, 0.1) is 0 Å². The molecule has 0 aromatic heterocycles. The number of carbonyl (C=O) groups excluding carboxylic acids is 2. The summed E-state index contributed by atoms with van der Waals surface area (Å²) in [6.45, 7) is 10.2. The van der Waals surface area contributed by atoms with E-state index in [2.05, 4.69) is 26.1 Å². The van der Waals surface area contributed by atoms with Gasteiger partial charge in [0.2, 0.25) is 0 Å². The van der Waals surface area contributed by atoms with E-state index in [4.69, 9.17) is 0 Å². The summed E-state index contributed by atoms with van der Waals surface area (Å²) in [6, 6.07) is 17.1. The number of carbonyl (C=O) groups is 2. The van der Waals surface area contributed by atoms with Crippen LogP contribution in [0.4, 0.5) is 5.69 Å². The smallest absolute Gasteiger partial charge is 0.278 e. The van der Waals surface area contributed by atoms with E-state index in [1.165, 1.54) is 10.5 Å². The van der Waals surface area contributed by atoms with E-state index in [0.717, 1.165) is 11.3 Å². The van der Waals surface area contributed by atoms with Crippen LogP contribution in [0.3, 0.4) is 0 Å². The second-order valence-corrected chi connectivity index (χ2v) is 8.14. The normalized spacial score (nSPS) is 15.1. The molecule has 0 saturated carbocycles. The van der Waals surface area contributed by atoms with Gasteiger partial charge >= 0.3 is 0 Å². The third kappa shape index (κ3) is 3.65. The fourth-order valence-corrected chi connectivity index (χ4v) is 3.20. The molecule has 0 spiro atoms. The van der Waals surface area contributed by atoms with Gasteiger partial charge in [-0.3, -0.25) is 14.5 Å². The first-order chi connectivity index (χ1) is 12.7. The SMILES string of the molecule is CC(C)N1C(=O)C(Nc2ccc(C(C)(C)C)cc2)=C(c2ccccc2)C1=O. The average molecular weight is 362 g/mol. The molecule has 2 amide bonds. The van der Waals surface area contributed by atoms with Crippen LogP contribution >= 0.6 is 0 Å². The summed E-state index contributed by atoms with van der Waals surface area (Å²) in [5.74, 6) is -0.538. The molecule has 1 N–H and O–H groups in total. The highest BCUT2D eigenvalue weighted by Crippen LogP contribution is 2.32. The molecule has 0 saturated heterocycles. The lowest BCUT2D eigenvalue weighted by molar-refractivity contribution is -0.138. The maximum absolute atomic E-state index is 13.0. The van der Waals surface area contributed by atoms with Crippen molar-refractivity contribution >= 4 is 23.1 Å². The molecule has 1 heterocycles. The molecular formula is C23H26N2O2. The van der Waals surface area contributed by atoms with Crippen LogP contribution < -0.4 is 5.32 Å². The van der Waals surface area contributed by atoms with Crippen LogP contribution in [0.2, 0.25) is 0 Å². The van der Waals surface area contributed by atoms with Gasteiger partial charge in [0.15, 0.2) is 0 Å². The van der Waals surface area contributed by atoms with E-state index >= 15 is 0 Å². The quantitative estimate of drug-likeness (QED) is 0.810. The molecule has 4 heteroatoms. The maximum atomic E-state index is 13.0. The Hall–Kier alpha value is -2.88. The largest absolute Gasteiger partial charge is 0.350 e. The number of benzene rings is 2. The molecular weight excluding hydrogens is 336 g/mol. The predicted octanol–water partition coefficient (Wildman–Crippen LogP) is 4.58. The van der Waals surface area contributed by atoms with Gasteiger partial charge in [-0.25, -0.2) is 0 Å². The number of imide groups is 1. The zero-order valence-corrected chi connectivity index (χ0v) is 16.5. The molecule has 140 valence electrons. The van der Waals surface area contributed by atoms with Gasteiger partial charge in [0.1, 0.15) is 5.70 Å². The third-order valence-electron chi connectivity index (χ3n) is 4.71. The summed E-state index contributed by atoms with van der Waals surface area (Å²) in [4.78, 5) is 27.2. The second kappa shape index (κ2) is 7.03. The molecule has 3 rings (SSSR count). The zero-order valence-electron chi connectivity index (χ0n) is 16.5.